The van der Waals surface area contributed by atoms with Gasteiger partial charge in [-0.05, 0) is 24.1 Å². The molecule has 0 saturated heterocycles. The van der Waals surface area contributed by atoms with Gasteiger partial charge in [0.2, 0.25) is 0 Å². The van der Waals surface area contributed by atoms with E-state index in [-0.39, 0.29) is 6.10 Å². The Balaban J connectivity index is 2.05. The van der Waals surface area contributed by atoms with E-state index in [2.05, 4.69) is 37.3 Å². The van der Waals surface area contributed by atoms with E-state index >= 15 is 0 Å². The molecule has 0 spiro atoms. The Bertz CT molecular complexity index is 560. The van der Waals surface area contributed by atoms with Crippen LogP contribution in [0.2, 0.25) is 0 Å². The van der Waals surface area contributed by atoms with E-state index < -0.39 is 0 Å². The van der Waals surface area contributed by atoms with Gasteiger partial charge < -0.3 is 10.5 Å². The van der Waals surface area contributed by atoms with Gasteiger partial charge in [0.25, 0.3) is 0 Å². The first-order chi connectivity index (χ1) is 8.78. The molecule has 0 bridgehead atoms. The van der Waals surface area contributed by atoms with Crippen LogP contribution >= 0.6 is 0 Å². The number of ether oxygens (including phenoxy) is 1. The number of hydrogen-bond donors (Lipinski definition) is 1. The average molecular weight is 239 g/mol. The van der Waals surface area contributed by atoms with Crippen molar-refractivity contribution in [3.8, 4) is 16.9 Å². The maximum Gasteiger partial charge on any atom is 0.123 e. The monoisotopic (exact) mass is 239 g/mol. The molecule has 3 rings (SSSR count). The molecule has 1 aliphatic rings. The number of fused-ring (bicyclic) bond motifs is 1. The average Bonchev–Trinajstić information content (AvgIpc) is 2.82. The molecule has 1 heterocycles. The van der Waals surface area contributed by atoms with Gasteiger partial charge in [0.15, 0.2) is 0 Å². The van der Waals surface area contributed by atoms with Crippen molar-refractivity contribution in [3.63, 3.8) is 0 Å². The molecular formula is C16H17NO. The van der Waals surface area contributed by atoms with E-state index in [1.807, 2.05) is 12.1 Å². The summed E-state index contributed by atoms with van der Waals surface area (Å²) < 4.78 is 5.82. The van der Waals surface area contributed by atoms with E-state index in [4.69, 9.17) is 10.5 Å². The maximum absolute atomic E-state index is 5.82. The topological polar surface area (TPSA) is 35.2 Å². The Morgan fingerprint density at radius 3 is 2.67 bits per heavy atom. The van der Waals surface area contributed by atoms with Crippen molar-refractivity contribution in [3.05, 3.63) is 53.6 Å². The van der Waals surface area contributed by atoms with Crippen molar-refractivity contribution in [1.29, 1.82) is 0 Å². The smallest absolute Gasteiger partial charge is 0.123 e. The molecule has 0 unspecified atom stereocenters. The second kappa shape index (κ2) is 4.46. The minimum Gasteiger partial charge on any atom is -0.488 e. The molecule has 1 aliphatic heterocycles. The highest BCUT2D eigenvalue weighted by Crippen LogP contribution is 2.36. The van der Waals surface area contributed by atoms with E-state index in [1.54, 1.807) is 0 Å². The fourth-order valence-corrected chi connectivity index (χ4v) is 2.47. The molecule has 0 aromatic heterocycles. The lowest BCUT2D eigenvalue weighted by Gasteiger charge is -2.07. The van der Waals surface area contributed by atoms with Crippen LogP contribution in [-0.2, 0) is 6.42 Å². The van der Waals surface area contributed by atoms with Crippen molar-refractivity contribution in [1.82, 2.24) is 0 Å². The Labute approximate surface area is 107 Å². The summed E-state index contributed by atoms with van der Waals surface area (Å²) in [5.41, 5.74) is 10.8. The van der Waals surface area contributed by atoms with Crippen LogP contribution in [0.25, 0.3) is 11.1 Å². The quantitative estimate of drug-likeness (QED) is 0.874. The van der Waals surface area contributed by atoms with Crippen LogP contribution in [-0.4, -0.2) is 12.6 Å². The first-order valence-corrected chi connectivity index (χ1v) is 6.33. The molecule has 92 valence electrons. The summed E-state index contributed by atoms with van der Waals surface area (Å²) in [6.07, 6.45) is 1.04. The molecule has 2 aromatic rings. The number of rotatable bonds is 2. The van der Waals surface area contributed by atoms with Gasteiger partial charge in [0, 0.05) is 18.5 Å². The Morgan fingerprint density at radius 2 is 1.94 bits per heavy atom. The van der Waals surface area contributed by atoms with E-state index in [9.17, 15) is 0 Å². The highest BCUT2D eigenvalue weighted by atomic mass is 16.5. The molecule has 2 aromatic carbocycles. The molecular weight excluding hydrogens is 222 g/mol. The molecule has 0 saturated carbocycles. The van der Waals surface area contributed by atoms with Crippen LogP contribution in [0.4, 0.5) is 0 Å². The molecule has 1 atom stereocenters. The maximum atomic E-state index is 5.82. The minimum atomic E-state index is 0.131. The second-order valence-electron chi connectivity index (χ2n) is 4.83. The molecule has 2 N–H and O–H groups in total. The molecule has 18 heavy (non-hydrogen) atoms. The Kier molecular flexibility index (Phi) is 2.80. The van der Waals surface area contributed by atoms with Crippen molar-refractivity contribution < 1.29 is 4.74 Å². The van der Waals surface area contributed by atoms with Gasteiger partial charge in [-0.15, -0.1) is 0 Å². The lowest BCUT2D eigenvalue weighted by Crippen LogP contribution is -2.24. The van der Waals surface area contributed by atoms with Crippen molar-refractivity contribution in [2.75, 3.05) is 6.54 Å². The highest BCUT2D eigenvalue weighted by molar-refractivity contribution is 5.71. The molecule has 0 aliphatic carbocycles. The third kappa shape index (κ3) is 1.89. The molecule has 0 radical (unpaired) electrons. The lowest BCUT2D eigenvalue weighted by molar-refractivity contribution is 0.241. The van der Waals surface area contributed by atoms with E-state index in [0.717, 1.165) is 12.2 Å². The number of nitrogens with two attached hydrogens (primary N) is 1. The number of hydrogen-bond acceptors (Lipinski definition) is 2. The molecule has 2 heteroatoms. The zero-order valence-electron chi connectivity index (χ0n) is 10.5. The predicted octanol–water partition coefficient (Wildman–Crippen LogP) is 2.92. The molecule has 2 nitrogen and oxygen atoms in total. The lowest BCUT2D eigenvalue weighted by atomic mass is 9.96. The Hall–Kier alpha value is -1.80. The van der Waals surface area contributed by atoms with Gasteiger partial charge in [-0.25, -0.2) is 0 Å². The normalized spacial score (nSPS) is 17.3. The van der Waals surface area contributed by atoms with Gasteiger partial charge >= 0.3 is 0 Å². The van der Waals surface area contributed by atoms with Crippen LogP contribution < -0.4 is 10.5 Å². The largest absolute Gasteiger partial charge is 0.488 e. The van der Waals surface area contributed by atoms with Crippen molar-refractivity contribution in [2.45, 2.75) is 19.4 Å². The first-order valence-electron chi connectivity index (χ1n) is 6.33. The van der Waals surface area contributed by atoms with Crippen LogP contribution in [0.5, 0.6) is 5.75 Å². The summed E-state index contributed by atoms with van der Waals surface area (Å²) in [5, 5.41) is 0. The van der Waals surface area contributed by atoms with Crippen LogP contribution in [0.1, 0.15) is 11.1 Å². The zero-order chi connectivity index (χ0) is 12.5. The SMILES string of the molecule is Cc1ccc(-c2cccc3c2C[C@@H](CN)O3)cc1. The van der Waals surface area contributed by atoms with Crippen LogP contribution in [0, 0.1) is 6.92 Å². The number of benzene rings is 2. The first kappa shape index (κ1) is 11.3. The third-order valence-corrected chi connectivity index (χ3v) is 3.48. The van der Waals surface area contributed by atoms with Gasteiger partial charge in [-0.2, -0.15) is 0 Å². The van der Waals surface area contributed by atoms with E-state index in [0.29, 0.717) is 6.54 Å². The van der Waals surface area contributed by atoms with Gasteiger partial charge in [-0.1, -0.05) is 42.0 Å². The van der Waals surface area contributed by atoms with Crippen molar-refractivity contribution >= 4 is 0 Å². The fourth-order valence-electron chi connectivity index (χ4n) is 2.47. The summed E-state index contributed by atoms with van der Waals surface area (Å²) in [6, 6.07) is 14.9. The fraction of sp³-hybridized carbons (Fsp3) is 0.250. The van der Waals surface area contributed by atoms with Crippen LogP contribution in [0.3, 0.4) is 0 Å². The summed E-state index contributed by atoms with van der Waals surface area (Å²) in [5.74, 6) is 0.989. The third-order valence-electron chi connectivity index (χ3n) is 3.48. The minimum absolute atomic E-state index is 0.131. The summed E-state index contributed by atoms with van der Waals surface area (Å²) >= 11 is 0. The standard InChI is InChI=1S/C16H17NO/c1-11-5-7-12(8-6-11)14-3-2-4-16-15(14)9-13(10-17)18-16/h2-8,13H,9-10,17H2,1H3/t13-/m0/s1. The summed E-state index contributed by atoms with van der Waals surface area (Å²) in [7, 11) is 0. The predicted molar refractivity (Wildman–Crippen MR) is 73.8 cm³/mol. The van der Waals surface area contributed by atoms with Gasteiger partial charge in [-0.3, -0.25) is 0 Å². The van der Waals surface area contributed by atoms with Gasteiger partial charge in [0.05, 0.1) is 0 Å². The van der Waals surface area contributed by atoms with Gasteiger partial charge in [0.1, 0.15) is 11.9 Å². The van der Waals surface area contributed by atoms with Crippen LogP contribution in [0.15, 0.2) is 42.5 Å². The van der Waals surface area contributed by atoms with Crippen molar-refractivity contribution in [2.24, 2.45) is 5.73 Å². The summed E-state index contributed by atoms with van der Waals surface area (Å²) in [4.78, 5) is 0. The number of aryl methyl sites for hydroxylation is 1. The molecule has 0 amide bonds. The summed E-state index contributed by atoms with van der Waals surface area (Å²) in [6.45, 7) is 2.68. The molecule has 0 fully saturated rings. The zero-order valence-corrected chi connectivity index (χ0v) is 10.5. The van der Waals surface area contributed by atoms with E-state index in [1.165, 1.54) is 22.3 Å². The highest BCUT2D eigenvalue weighted by Gasteiger charge is 2.24. The second-order valence-corrected chi connectivity index (χ2v) is 4.83. The Morgan fingerprint density at radius 1 is 1.17 bits per heavy atom.